The zero-order valence-corrected chi connectivity index (χ0v) is 23.9. The van der Waals surface area contributed by atoms with Crippen LogP contribution in [-0.4, -0.2) is 44.8 Å². The molecule has 2 radical (unpaired) electrons. The first-order valence-corrected chi connectivity index (χ1v) is 14.0. The van der Waals surface area contributed by atoms with Crippen LogP contribution in [0.4, 0.5) is 11.4 Å². The molecule has 1 fully saturated rings. The van der Waals surface area contributed by atoms with Crippen molar-refractivity contribution in [3.63, 3.8) is 0 Å². The highest BCUT2D eigenvalue weighted by molar-refractivity contribution is 7.20. The molecule has 0 saturated carbocycles. The molecular weight excluding hydrogens is 486 g/mol. The van der Waals surface area contributed by atoms with Gasteiger partial charge in [0.1, 0.15) is 5.70 Å². The van der Waals surface area contributed by atoms with Gasteiger partial charge < -0.3 is 20.0 Å². The summed E-state index contributed by atoms with van der Waals surface area (Å²) in [5, 5.41) is 3.11. The first-order valence-electron chi connectivity index (χ1n) is 13.3. The molecule has 2 atom stereocenters. The number of rotatable bonds is 8. The van der Waals surface area contributed by atoms with E-state index in [9.17, 15) is 4.79 Å². The number of anilines is 2. The van der Waals surface area contributed by atoms with Crippen LogP contribution in [0.1, 0.15) is 43.9 Å². The van der Waals surface area contributed by atoms with Crippen molar-refractivity contribution in [1.82, 2.24) is 10.2 Å². The van der Waals surface area contributed by atoms with Gasteiger partial charge in [-0.25, -0.2) is 0 Å². The van der Waals surface area contributed by atoms with Gasteiger partial charge in [-0.2, -0.15) is 0 Å². The van der Waals surface area contributed by atoms with Crippen molar-refractivity contribution in [2.75, 3.05) is 36.0 Å². The monoisotopic (exact) mass is 524 g/mol. The van der Waals surface area contributed by atoms with Crippen molar-refractivity contribution in [2.24, 2.45) is 0 Å². The molecule has 38 heavy (non-hydrogen) atoms. The Labute approximate surface area is 231 Å². The predicted molar refractivity (Wildman–Crippen MR) is 164 cm³/mol. The van der Waals surface area contributed by atoms with E-state index >= 15 is 0 Å². The number of hydrogen-bond donors (Lipinski definition) is 1. The molecule has 2 aliphatic heterocycles. The fourth-order valence-electron chi connectivity index (χ4n) is 4.78. The van der Waals surface area contributed by atoms with Gasteiger partial charge in [0.25, 0.3) is 5.91 Å². The summed E-state index contributed by atoms with van der Waals surface area (Å²) in [4.78, 5) is 20.0. The maximum Gasteiger partial charge on any atom is 0.268 e. The normalized spacial score (nSPS) is 17.2. The Morgan fingerprint density at radius 1 is 1.03 bits per heavy atom. The third-order valence-corrected chi connectivity index (χ3v) is 7.64. The minimum absolute atomic E-state index is 0.0234. The van der Waals surface area contributed by atoms with Gasteiger partial charge in [-0.3, -0.25) is 4.79 Å². The highest BCUT2D eigenvalue weighted by Gasteiger charge is 2.22. The quantitative estimate of drug-likeness (QED) is 0.276. The van der Waals surface area contributed by atoms with E-state index in [1.807, 2.05) is 37.1 Å². The van der Waals surface area contributed by atoms with E-state index in [4.69, 9.17) is 7.85 Å². The van der Waals surface area contributed by atoms with E-state index < -0.39 is 0 Å². The van der Waals surface area contributed by atoms with E-state index in [0.29, 0.717) is 12.2 Å². The number of benzene rings is 2. The number of allylic oxidation sites excluding steroid dienone is 4. The molecule has 2 aliphatic rings. The summed E-state index contributed by atoms with van der Waals surface area (Å²) in [6, 6.07) is 17.1. The second-order valence-electron chi connectivity index (χ2n) is 9.99. The summed E-state index contributed by atoms with van der Waals surface area (Å²) in [7, 11) is 8.59. The van der Waals surface area contributed by atoms with Crippen LogP contribution in [-0.2, 0) is 11.3 Å². The third-order valence-electron chi connectivity index (χ3n) is 7.26. The standard InChI is InChI=1S/C31H38BN4OP/c1-5-23(3)29(36-15-14-22(2)20-24(36)4)31(37)33-21-25-6-10-27(11-7-25)34-16-18-35(19-17-34)28-12-8-26(9-13-28)30(32)38/h6-15,20,30H,4-5,16-19,21,38H2,1-3H3,(H,33,37)/b29-23+. The van der Waals surface area contributed by atoms with Crippen LogP contribution in [0.15, 0.2) is 96.0 Å². The number of carbonyl (C=O) groups excluding carboxylic acids is 1. The number of hydrogen-bond acceptors (Lipinski definition) is 4. The van der Waals surface area contributed by atoms with Crippen LogP contribution in [0, 0.1) is 0 Å². The van der Waals surface area contributed by atoms with E-state index in [1.165, 1.54) is 11.4 Å². The number of nitrogens with zero attached hydrogens (tertiary/aromatic N) is 3. The first-order chi connectivity index (χ1) is 18.3. The molecule has 0 spiro atoms. The molecule has 0 aromatic heterocycles. The molecular formula is C31H38BN4OP. The molecule has 1 saturated heterocycles. The van der Waals surface area contributed by atoms with E-state index in [1.54, 1.807) is 0 Å². The molecule has 2 aromatic carbocycles. The fourth-order valence-corrected chi connectivity index (χ4v) is 5.01. The molecule has 4 rings (SSSR count). The fraction of sp³-hybridized carbons (Fsp3) is 0.323. The zero-order valence-electron chi connectivity index (χ0n) is 22.8. The lowest BCUT2D eigenvalue weighted by Crippen LogP contribution is -2.46. The van der Waals surface area contributed by atoms with Crippen molar-refractivity contribution >= 4 is 34.4 Å². The maximum atomic E-state index is 13.2. The first kappa shape index (κ1) is 27.8. The van der Waals surface area contributed by atoms with Gasteiger partial charge in [-0.05, 0) is 84.5 Å². The maximum absolute atomic E-state index is 13.2. The Bertz CT molecular complexity index is 1240. The minimum atomic E-state index is -0.0870. The van der Waals surface area contributed by atoms with Crippen LogP contribution in [0.3, 0.4) is 0 Å². The molecule has 5 nitrogen and oxygen atoms in total. The molecule has 0 aliphatic carbocycles. The van der Waals surface area contributed by atoms with E-state index in [2.05, 4.69) is 86.4 Å². The summed E-state index contributed by atoms with van der Waals surface area (Å²) >= 11 is 0. The number of carbonyl (C=O) groups is 1. The Kier molecular flexibility index (Phi) is 9.17. The minimum Gasteiger partial charge on any atom is -0.368 e. The van der Waals surface area contributed by atoms with Crippen LogP contribution in [0.2, 0.25) is 0 Å². The Morgan fingerprint density at radius 3 is 2.08 bits per heavy atom. The average molecular weight is 524 g/mol. The Hall–Kier alpha value is -3.24. The highest BCUT2D eigenvalue weighted by Crippen LogP contribution is 2.26. The molecule has 1 N–H and O–H groups in total. The molecule has 2 aromatic rings. The van der Waals surface area contributed by atoms with E-state index in [0.717, 1.165) is 60.6 Å². The summed E-state index contributed by atoms with van der Waals surface area (Å²) < 4.78 is 0. The lowest BCUT2D eigenvalue weighted by atomic mass is 9.95. The second kappa shape index (κ2) is 12.5. The summed E-state index contributed by atoms with van der Waals surface area (Å²) in [6.45, 7) is 14.6. The van der Waals surface area contributed by atoms with E-state index in [-0.39, 0.29) is 11.5 Å². The molecule has 0 bridgehead atoms. The van der Waals surface area contributed by atoms with Crippen molar-refractivity contribution in [3.8, 4) is 0 Å². The highest BCUT2D eigenvalue weighted by atomic mass is 31.0. The lowest BCUT2D eigenvalue weighted by Gasteiger charge is -2.37. The number of piperazine rings is 1. The predicted octanol–water partition coefficient (Wildman–Crippen LogP) is 5.64. The van der Waals surface area contributed by atoms with Gasteiger partial charge in [-0.1, -0.05) is 37.8 Å². The molecule has 1 amide bonds. The van der Waals surface area contributed by atoms with Crippen molar-refractivity contribution < 1.29 is 4.79 Å². The summed E-state index contributed by atoms with van der Waals surface area (Å²) in [6.07, 6.45) is 6.71. The van der Waals surface area contributed by atoms with Crippen LogP contribution in [0.25, 0.3) is 0 Å². The molecule has 2 unspecified atom stereocenters. The van der Waals surface area contributed by atoms with Gasteiger partial charge >= 0.3 is 0 Å². The summed E-state index contributed by atoms with van der Waals surface area (Å²) in [5.41, 5.74) is 8.23. The van der Waals surface area contributed by atoms with Crippen LogP contribution in [0.5, 0.6) is 0 Å². The average Bonchev–Trinajstić information content (AvgIpc) is 2.93. The second-order valence-corrected chi connectivity index (χ2v) is 10.7. The number of nitrogens with one attached hydrogen (secondary N) is 1. The van der Waals surface area contributed by atoms with Gasteiger partial charge in [0.2, 0.25) is 0 Å². The SMILES string of the molecule is [B]C(P)c1ccc(N2CCN(c3ccc(CNC(=O)/C(=C(/C)CC)N4C=CC(C)=CC4=C)cc3)CC2)cc1. The molecule has 196 valence electrons. The zero-order chi connectivity index (χ0) is 27.2. The van der Waals surface area contributed by atoms with Crippen LogP contribution < -0.4 is 15.1 Å². The topological polar surface area (TPSA) is 38.8 Å². The van der Waals surface area contributed by atoms with Crippen molar-refractivity contribution in [1.29, 1.82) is 0 Å². The molecule has 7 heteroatoms. The number of amides is 1. The largest absolute Gasteiger partial charge is 0.368 e. The smallest absolute Gasteiger partial charge is 0.268 e. The third kappa shape index (κ3) is 6.60. The van der Waals surface area contributed by atoms with Gasteiger partial charge in [0, 0.05) is 56.0 Å². The van der Waals surface area contributed by atoms with Crippen molar-refractivity contribution in [3.05, 3.63) is 107 Å². The van der Waals surface area contributed by atoms with Gasteiger partial charge in [-0.15, -0.1) is 9.24 Å². The van der Waals surface area contributed by atoms with Crippen molar-refractivity contribution in [2.45, 2.75) is 39.3 Å². The Morgan fingerprint density at radius 2 is 1.58 bits per heavy atom. The summed E-state index contributed by atoms with van der Waals surface area (Å²) in [5.74, 6) is -0.0870. The van der Waals surface area contributed by atoms with Crippen LogP contribution >= 0.6 is 9.24 Å². The van der Waals surface area contributed by atoms with Gasteiger partial charge in [0.05, 0.1) is 7.85 Å². The lowest BCUT2D eigenvalue weighted by molar-refractivity contribution is -0.118. The van der Waals surface area contributed by atoms with Gasteiger partial charge in [0.15, 0.2) is 0 Å². The Balaban J connectivity index is 1.32. The molecule has 2 heterocycles.